The molecule has 0 aromatic rings. The SMILES string of the molecule is NCC1(C(O)C2CCC2)CCS(=O)(=O)C1. The summed E-state index contributed by atoms with van der Waals surface area (Å²) in [6, 6.07) is 0. The molecule has 3 N–H and O–H groups in total. The quantitative estimate of drug-likeness (QED) is 0.714. The highest BCUT2D eigenvalue weighted by Crippen LogP contribution is 2.43. The van der Waals surface area contributed by atoms with Crippen LogP contribution >= 0.6 is 0 Å². The zero-order valence-electron chi connectivity index (χ0n) is 8.85. The highest BCUT2D eigenvalue weighted by atomic mass is 32.2. The first-order chi connectivity index (χ1) is 6.99. The van der Waals surface area contributed by atoms with Crippen LogP contribution < -0.4 is 5.73 Å². The fourth-order valence-corrected chi connectivity index (χ4v) is 4.88. The minimum absolute atomic E-state index is 0.0775. The molecule has 0 amide bonds. The molecule has 2 unspecified atom stereocenters. The van der Waals surface area contributed by atoms with Crippen LogP contribution in [0.25, 0.3) is 0 Å². The van der Waals surface area contributed by atoms with Crippen LogP contribution in [-0.4, -0.2) is 37.7 Å². The van der Waals surface area contributed by atoms with Crippen LogP contribution in [0.2, 0.25) is 0 Å². The third-order valence-electron chi connectivity index (χ3n) is 4.05. The van der Waals surface area contributed by atoms with E-state index in [1.165, 1.54) is 0 Å². The Morgan fingerprint density at radius 2 is 2.13 bits per heavy atom. The Hall–Kier alpha value is -0.130. The van der Waals surface area contributed by atoms with E-state index < -0.39 is 21.4 Å². The summed E-state index contributed by atoms with van der Waals surface area (Å²) < 4.78 is 22.9. The molecule has 0 spiro atoms. The van der Waals surface area contributed by atoms with Crippen molar-refractivity contribution in [1.82, 2.24) is 0 Å². The molecule has 1 saturated heterocycles. The zero-order chi connectivity index (χ0) is 11.1. The fraction of sp³-hybridized carbons (Fsp3) is 1.00. The molecule has 88 valence electrons. The second-order valence-electron chi connectivity index (χ2n) is 5.04. The number of sulfone groups is 1. The van der Waals surface area contributed by atoms with Crippen LogP contribution in [0.5, 0.6) is 0 Å². The van der Waals surface area contributed by atoms with Crippen molar-refractivity contribution in [2.75, 3.05) is 18.1 Å². The van der Waals surface area contributed by atoms with E-state index in [9.17, 15) is 13.5 Å². The van der Waals surface area contributed by atoms with Crippen molar-refractivity contribution in [2.24, 2.45) is 17.1 Å². The minimum atomic E-state index is -2.97. The second kappa shape index (κ2) is 3.71. The van der Waals surface area contributed by atoms with Crippen LogP contribution in [0.3, 0.4) is 0 Å². The molecular weight excluding hydrogens is 214 g/mol. The molecule has 1 aliphatic carbocycles. The van der Waals surface area contributed by atoms with Crippen LogP contribution in [0.15, 0.2) is 0 Å². The number of hydrogen-bond donors (Lipinski definition) is 2. The van der Waals surface area contributed by atoms with Gasteiger partial charge in [-0.15, -0.1) is 0 Å². The third-order valence-corrected chi connectivity index (χ3v) is 5.89. The van der Waals surface area contributed by atoms with Gasteiger partial charge in [0.05, 0.1) is 17.6 Å². The summed E-state index contributed by atoms with van der Waals surface area (Å²) in [5, 5.41) is 10.2. The van der Waals surface area contributed by atoms with Crippen molar-refractivity contribution in [1.29, 1.82) is 0 Å². The van der Waals surface area contributed by atoms with Gasteiger partial charge in [-0.3, -0.25) is 0 Å². The second-order valence-corrected chi connectivity index (χ2v) is 7.23. The first kappa shape index (κ1) is 11.4. The molecule has 0 aromatic heterocycles. The Labute approximate surface area is 90.8 Å². The maximum Gasteiger partial charge on any atom is 0.151 e. The van der Waals surface area contributed by atoms with Gasteiger partial charge in [-0.1, -0.05) is 6.42 Å². The molecule has 0 radical (unpaired) electrons. The first-order valence-corrected chi connectivity index (χ1v) is 7.40. The summed E-state index contributed by atoms with van der Waals surface area (Å²) in [6.45, 7) is 0.282. The predicted octanol–water partition coefficient (Wildman–Crippen LogP) is -0.0890. The van der Waals surface area contributed by atoms with Gasteiger partial charge in [0.25, 0.3) is 0 Å². The summed E-state index contributed by atoms with van der Waals surface area (Å²) in [7, 11) is -2.97. The lowest BCUT2D eigenvalue weighted by atomic mass is 9.69. The van der Waals surface area contributed by atoms with E-state index in [1.54, 1.807) is 0 Å². The number of rotatable bonds is 3. The normalized spacial score (nSPS) is 37.5. The number of aliphatic hydroxyl groups is 1. The van der Waals surface area contributed by atoms with E-state index in [1.807, 2.05) is 0 Å². The van der Waals surface area contributed by atoms with E-state index >= 15 is 0 Å². The van der Waals surface area contributed by atoms with Crippen molar-refractivity contribution < 1.29 is 13.5 Å². The monoisotopic (exact) mass is 233 g/mol. The highest BCUT2D eigenvalue weighted by molar-refractivity contribution is 7.91. The van der Waals surface area contributed by atoms with Gasteiger partial charge < -0.3 is 10.8 Å². The van der Waals surface area contributed by atoms with Gasteiger partial charge in [0.1, 0.15) is 0 Å². The Balaban J connectivity index is 2.15. The average molecular weight is 233 g/mol. The van der Waals surface area contributed by atoms with Crippen LogP contribution in [0.1, 0.15) is 25.7 Å². The fourth-order valence-electron chi connectivity index (χ4n) is 2.71. The van der Waals surface area contributed by atoms with Gasteiger partial charge in [0.2, 0.25) is 0 Å². The van der Waals surface area contributed by atoms with Gasteiger partial charge in [-0.25, -0.2) is 8.42 Å². The van der Waals surface area contributed by atoms with E-state index in [2.05, 4.69) is 0 Å². The largest absolute Gasteiger partial charge is 0.392 e. The molecule has 0 aromatic carbocycles. The van der Waals surface area contributed by atoms with E-state index in [-0.39, 0.29) is 24.0 Å². The molecule has 5 heteroatoms. The molecule has 1 aliphatic heterocycles. The van der Waals surface area contributed by atoms with Crippen molar-refractivity contribution in [3.05, 3.63) is 0 Å². The van der Waals surface area contributed by atoms with Crippen molar-refractivity contribution >= 4 is 9.84 Å². The van der Waals surface area contributed by atoms with Crippen molar-refractivity contribution in [3.8, 4) is 0 Å². The molecule has 0 bridgehead atoms. The minimum Gasteiger partial charge on any atom is -0.392 e. The molecule has 1 heterocycles. The summed E-state index contributed by atoms with van der Waals surface area (Å²) in [5.74, 6) is 0.546. The maximum absolute atomic E-state index is 11.5. The smallest absolute Gasteiger partial charge is 0.151 e. The maximum atomic E-state index is 11.5. The first-order valence-electron chi connectivity index (χ1n) is 5.58. The Bertz CT molecular complexity index is 337. The molecule has 1 saturated carbocycles. The lowest BCUT2D eigenvalue weighted by Crippen LogP contribution is -2.48. The Morgan fingerprint density at radius 3 is 2.47 bits per heavy atom. The summed E-state index contributed by atoms with van der Waals surface area (Å²) in [6.07, 6.45) is 3.19. The summed E-state index contributed by atoms with van der Waals surface area (Å²) in [5.41, 5.74) is 5.13. The number of nitrogens with two attached hydrogens (primary N) is 1. The lowest BCUT2D eigenvalue weighted by Gasteiger charge is -2.40. The van der Waals surface area contributed by atoms with Gasteiger partial charge >= 0.3 is 0 Å². The van der Waals surface area contributed by atoms with Gasteiger partial charge in [0, 0.05) is 12.0 Å². The molecule has 2 rings (SSSR count). The predicted molar refractivity (Wildman–Crippen MR) is 58.1 cm³/mol. The molecular formula is C10H19NO3S. The Kier molecular flexibility index (Phi) is 2.81. The summed E-state index contributed by atoms with van der Waals surface area (Å²) in [4.78, 5) is 0. The van der Waals surface area contributed by atoms with Gasteiger partial charge in [-0.05, 0) is 25.2 Å². The molecule has 2 aliphatic rings. The zero-order valence-corrected chi connectivity index (χ0v) is 9.67. The topological polar surface area (TPSA) is 80.4 Å². The standard InChI is InChI=1S/C10H19NO3S/c11-6-10(4-5-15(13,14)7-10)9(12)8-2-1-3-8/h8-9,12H,1-7,11H2. The van der Waals surface area contributed by atoms with Gasteiger partial charge in [0.15, 0.2) is 9.84 Å². The van der Waals surface area contributed by atoms with E-state index in [0.29, 0.717) is 6.42 Å². The van der Waals surface area contributed by atoms with Crippen molar-refractivity contribution in [2.45, 2.75) is 31.8 Å². The molecule has 15 heavy (non-hydrogen) atoms. The van der Waals surface area contributed by atoms with Crippen LogP contribution in [0, 0.1) is 11.3 Å². The number of hydrogen-bond acceptors (Lipinski definition) is 4. The average Bonchev–Trinajstić information content (AvgIpc) is 2.40. The lowest BCUT2D eigenvalue weighted by molar-refractivity contribution is -0.0281. The Morgan fingerprint density at radius 1 is 1.47 bits per heavy atom. The van der Waals surface area contributed by atoms with Crippen LogP contribution in [0.4, 0.5) is 0 Å². The van der Waals surface area contributed by atoms with Gasteiger partial charge in [-0.2, -0.15) is 0 Å². The summed E-state index contributed by atoms with van der Waals surface area (Å²) >= 11 is 0. The molecule has 4 nitrogen and oxygen atoms in total. The van der Waals surface area contributed by atoms with Crippen LogP contribution in [-0.2, 0) is 9.84 Å². The van der Waals surface area contributed by atoms with E-state index in [4.69, 9.17) is 5.73 Å². The van der Waals surface area contributed by atoms with E-state index in [0.717, 1.165) is 19.3 Å². The highest BCUT2D eigenvalue weighted by Gasteiger charge is 2.49. The van der Waals surface area contributed by atoms with Crippen molar-refractivity contribution in [3.63, 3.8) is 0 Å². The molecule has 2 fully saturated rings. The third kappa shape index (κ3) is 1.92. The number of aliphatic hydroxyl groups excluding tert-OH is 1. The molecule has 2 atom stereocenters.